The standard InChI is InChI=1S/C18H21FN4O2/c1-25-17-5-4-14(11-16(17)19)13-22-7-9-23(10-8-22)18(24)21-15-3-2-6-20-12-15/h2-6,11-12H,7-10,13H2,1H3,(H,21,24). The number of piperazine rings is 1. The monoisotopic (exact) mass is 344 g/mol. The van der Waals surface area contributed by atoms with Crippen LogP contribution in [0.2, 0.25) is 0 Å². The smallest absolute Gasteiger partial charge is 0.321 e. The Bertz CT molecular complexity index is 718. The van der Waals surface area contributed by atoms with Crippen LogP contribution in [0.3, 0.4) is 0 Å². The van der Waals surface area contributed by atoms with Crippen LogP contribution in [0.5, 0.6) is 5.75 Å². The molecule has 1 aromatic heterocycles. The van der Waals surface area contributed by atoms with Crippen molar-refractivity contribution in [2.75, 3.05) is 38.6 Å². The minimum Gasteiger partial charge on any atom is -0.494 e. The fraction of sp³-hybridized carbons (Fsp3) is 0.333. The highest BCUT2D eigenvalue weighted by atomic mass is 19.1. The molecule has 1 N–H and O–H groups in total. The predicted octanol–water partition coefficient (Wildman–Crippen LogP) is 2.58. The number of hydrogen-bond acceptors (Lipinski definition) is 4. The molecule has 0 spiro atoms. The number of ether oxygens (including phenoxy) is 1. The fourth-order valence-corrected chi connectivity index (χ4v) is 2.81. The molecule has 3 rings (SSSR count). The van der Waals surface area contributed by atoms with E-state index in [1.165, 1.54) is 13.2 Å². The second-order valence-corrected chi connectivity index (χ2v) is 5.90. The summed E-state index contributed by atoms with van der Waals surface area (Å²) < 4.78 is 18.7. The lowest BCUT2D eigenvalue weighted by atomic mass is 10.2. The van der Waals surface area contributed by atoms with Gasteiger partial charge in [0.2, 0.25) is 0 Å². The van der Waals surface area contributed by atoms with Gasteiger partial charge in [0, 0.05) is 38.9 Å². The number of urea groups is 1. The molecule has 6 nitrogen and oxygen atoms in total. The summed E-state index contributed by atoms with van der Waals surface area (Å²) in [6.07, 6.45) is 3.28. The van der Waals surface area contributed by atoms with E-state index < -0.39 is 0 Å². The first-order valence-corrected chi connectivity index (χ1v) is 8.16. The van der Waals surface area contributed by atoms with Crippen LogP contribution in [0.1, 0.15) is 5.56 Å². The summed E-state index contributed by atoms with van der Waals surface area (Å²) >= 11 is 0. The van der Waals surface area contributed by atoms with Crippen molar-refractivity contribution in [2.24, 2.45) is 0 Å². The average Bonchev–Trinajstić information content (AvgIpc) is 2.63. The molecule has 0 radical (unpaired) electrons. The number of hydrogen-bond donors (Lipinski definition) is 1. The summed E-state index contributed by atoms with van der Waals surface area (Å²) in [5.74, 6) is -0.102. The minimum absolute atomic E-state index is 0.122. The first-order valence-electron chi connectivity index (χ1n) is 8.16. The van der Waals surface area contributed by atoms with Gasteiger partial charge in [-0.2, -0.15) is 0 Å². The lowest BCUT2D eigenvalue weighted by Crippen LogP contribution is -2.49. The van der Waals surface area contributed by atoms with Gasteiger partial charge in [-0.25, -0.2) is 9.18 Å². The Balaban J connectivity index is 1.50. The van der Waals surface area contributed by atoms with Crippen LogP contribution >= 0.6 is 0 Å². The molecule has 1 aliphatic rings. The van der Waals surface area contributed by atoms with Crippen LogP contribution in [-0.2, 0) is 6.54 Å². The quantitative estimate of drug-likeness (QED) is 0.926. The highest BCUT2D eigenvalue weighted by Crippen LogP contribution is 2.19. The van der Waals surface area contributed by atoms with E-state index in [-0.39, 0.29) is 17.6 Å². The number of halogens is 1. The Kier molecular flexibility index (Phi) is 5.45. The SMILES string of the molecule is COc1ccc(CN2CCN(C(=O)Nc3cccnc3)CC2)cc1F. The third kappa shape index (κ3) is 4.45. The maximum absolute atomic E-state index is 13.8. The zero-order valence-electron chi connectivity index (χ0n) is 14.1. The molecule has 7 heteroatoms. The van der Waals surface area contributed by atoms with Gasteiger partial charge in [0.25, 0.3) is 0 Å². The number of aromatic nitrogens is 1. The Morgan fingerprint density at radius 3 is 2.72 bits per heavy atom. The number of rotatable bonds is 4. The lowest BCUT2D eigenvalue weighted by Gasteiger charge is -2.34. The summed E-state index contributed by atoms with van der Waals surface area (Å²) in [6.45, 7) is 3.40. The van der Waals surface area contributed by atoms with Gasteiger partial charge in [0.1, 0.15) is 0 Å². The Morgan fingerprint density at radius 2 is 2.08 bits per heavy atom. The first kappa shape index (κ1) is 17.2. The number of methoxy groups -OCH3 is 1. The van der Waals surface area contributed by atoms with Crippen molar-refractivity contribution in [3.05, 3.63) is 54.1 Å². The van der Waals surface area contributed by atoms with Crippen molar-refractivity contribution in [3.8, 4) is 5.75 Å². The molecule has 0 saturated carbocycles. The highest BCUT2D eigenvalue weighted by molar-refractivity contribution is 5.89. The molecule has 0 bridgehead atoms. The largest absolute Gasteiger partial charge is 0.494 e. The summed E-state index contributed by atoms with van der Waals surface area (Å²) in [5, 5.41) is 2.84. The fourth-order valence-electron chi connectivity index (χ4n) is 2.81. The van der Waals surface area contributed by atoms with E-state index in [9.17, 15) is 9.18 Å². The van der Waals surface area contributed by atoms with Gasteiger partial charge in [0.15, 0.2) is 11.6 Å². The molecule has 2 amide bonds. The molecular formula is C18H21FN4O2. The number of pyridine rings is 1. The predicted molar refractivity (Wildman–Crippen MR) is 93.1 cm³/mol. The average molecular weight is 344 g/mol. The molecular weight excluding hydrogens is 323 g/mol. The van der Waals surface area contributed by atoms with E-state index in [4.69, 9.17) is 4.74 Å². The lowest BCUT2D eigenvalue weighted by molar-refractivity contribution is 0.143. The number of amides is 2. The van der Waals surface area contributed by atoms with E-state index >= 15 is 0 Å². The molecule has 1 saturated heterocycles. The number of nitrogens with zero attached hydrogens (tertiary/aromatic N) is 3. The topological polar surface area (TPSA) is 57.7 Å². The molecule has 25 heavy (non-hydrogen) atoms. The number of anilines is 1. The maximum Gasteiger partial charge on any atom is 0.321 e. The number of carbonyl (C=O) groups is 1. The van der Waals surface area contributed by atoms with Crippen LogP contribution in [0.4, 0.5) is 14.9 Å². The van der Waals surface area contributed by atoms with Crippen molar-refractivity contribution in [3.63, 3.8) is 0 Å². The molecule has 2 aromatic rings. The molecule has 1 aliphatic heterocycles. The van der Waals surface area contributed by atoms with E-state index in [1.807, 2.05) is 6.07 Å². The maximum atomic E-state index is 13.8. The normalized spacial score (nSPS) is 15.0. The van der Waals surface area contributed by atoms with Gasteiger partial charge in [-0.05, 0) is 29.8 Å². The van der Waals surface area contributed by atoms with Gasteiger partial charge in [-0.15, -0.1) is 0 Å². The minimum atomic E-state index is -0.352. The second-order valence-electron chi connectivity index (χ2n) is 5.90. The molecule has 132 valence electrons. The number of carbonyl (C=O) groups excluding carboxylic acids is 1. The Labute approximate surface area is 146 Å². The van der Waals surface area contributed by atoms with E-state index in [1.54, 1.807) is 35.5 Å². The molecule has 0 atom stereocenters. The van der Waals surface area contributed by atoms with Crippen molar-refractivity contribution in [1.29, 1.82) is 0 Å². The van der Waals surface area contributed by atoms with Gasteiger partial charge in [-0.3, -0.25) is 9.88 Å². The van der Waals surface area contributed by atoms with Crippen molar-refractivity contribution < 1.29 is 13.9 Å². The first-order chi connectivity index (χ1) is 12.2. The van der Waals surface area contributed by atoms with Gasteiger partial charge in [-0.1, -0.05) is 6.07 Å². The third-order valence-corrected chi connectivity index (χ3v) is 4.19. The zero-order valence-corrected chi connectivity index (χ0v) is 14.1. The van der Waals surface area contributed by atoms with Gasteiger partial charge in [0.05, 0.1) is 19.0 Å². The van der Waals surface area contributed by atoms with Crippen LogP contribution in [0.25, 0.3) is 0 Å². The van der Waals surface area contributed by atoms with Gasteiger partial charge >= 0.3 is 6.03 Å². The van der Waals surface area contributed by atoms with Crippen LogP contribution in [0, 0.1) is 5.82 Å². The molecule has 0 unspecified atom stereocenters. The molecule has 1 fully saturated rings. The molecule has 1 aromatic carbocycles. The third-order valence-electron chi connectivity index (χ3n) is 4.19. The van der Waals surface area contributed by atoms with E-state index in [0.29, 0.717) is 25.3 Å². The summed E-state index contributed by atoms with van der Waals surface area (Å²) in [6, 6.07) is 8.47. The van der Waals surface area contributed by atoms with Crippen LogP contribution in [-0.4, -0.2) is 54.1 Å². The van der Waals surface area contributed by atoms with E-state index in [2.05, 4.69) is 15.2 Å². The molecule has 2 heterocycles. The zero-order chi connectivity index (χ0) is 17.6. The number of nitrogens with one attached hydrogen (secondary N) is 1. The van der Waals surface area contributed by atoms with Crippen molar-refractivity contribution in [1.82, 2.24) is 14.8 Å². The summed E-state index contributed by atoms with van der Waals surface area (Å²) in [7, 11) is 1.45. The van der Waals surface area contributed by atoms with Crippen molar-refractivity contribution in [2.45, 2.75) is 6.54 Å². The summed E-state index contributed by atoms with van der Waals surface area (Å²) in [4.78, 5) is 20.2. The van der Waals surface area contributed by atoms with E-state index in [0.717, 1.165) is 18.7 Å². The molecule has 0 aliphatic carbocycles. The van der Waals surface area contributed by atoms with Crippen LogP contribution in [0.15, 0.2) is 42.7 Å². The van der Waals surface area contributed by atoms with Gasteiger partial charge < -0.3 is 15.0 Å². The Morgan fingerprint density at radius 1 is 1.28 bits per heavy atom. The number of benzene rings is 1. The highest BCUT2D eigenvalue weighted by Gasteiger charge is 2.21. The van der Waals surface area contributed by atoms with Crippen molar-refractivity contribution >= 4 is 11.7 Å². The summed E-state index contributed by atoms with van der Waals surface area (Å²) in [5.41, 5.74) is 1.58. The van der Waals surface area contributed by atoms with Crippen LogP contribution < -0.4 is 10.1 Å². The second kappa shape index (κ2) is 7.94. The Hall–Kier alpha value is -2.67.